The smallest absolute Gasteiger partial charge is 0.251 e. The Balaban J connectivity index is 1.54. The van der Waals surface area contributed by atoms with Crippen LogP contribution in [0.4, 0.5) is 0 Å². The molecule has 2 aliphatic heterocycles. The summed E-state index contributed by atoms with van der Waals surface area (Å²) in [6.07, 6.45) is 1.88. The fourth-order valence-electron chi connectivity index (χ4n) is 3.49. The number of hydrogen-bond donors (Lipinski definition) is 0. The van der Waals surface area contributed by atoms with Gasteiger partial charge in [0.2, 0.25) is 5.91 Å². The summed E-state index contributed by atoms with van der Waals surface area (Å²) in [5.74, 6) is 0.192. The molecule has 7 nitrogen and oxygen atoms in total. The largest absolute Gasteiger partial charge is 0.368 e. The number of carbonyl (C=O) groups excluding carboxylic acids is 2. The van der Waals surface area contributed by atoms with Crippen LogP contribution in [0.3, 0.4) is 0 Å². The van der Waals surface area contributed by atoms with Gasteiger partial charge in [-0.2, -0.15) is 5.10 Å². The Morgan fingerprint density at radius 1 is 1.17 bits per heavy atom. The Labute approximate surface area is 142 Å². The molecule has 2 aliphatic rings. The SMILES string of the molecule is Cc1nn(C)c(C)c1CC(=O)N1CCN(C(=O)C2CCCO2)CC1. The summed E-state index contributed by atoms with van der Waals surface area (Å²) >= 11 is 0. The van der Waals surface area contributed by atoms with Crippen LogP contribution in [0.1, 0.15) is 29.8 Å². The average Bonchev–Trinajstić information content (AvgIpc) is 3.19. The maximum Gasteiger partial charge on any atom is 0.251 e. The highest BCUT2D eigenvalue weighted by molar-refractivity contribution is 5.82. The van der Waals surface area contributed by atoms with Crippen molar-refractivity contribution in [3.8, 4) is 0 Å². The zero-order valence-electron chi connectivity index (χ0n) is 14.7. The fraction of sp³-hybridized carbons (Fsp3) is 0.706. The summed E-state index contributed by atoms with van der Waals surface area (Å²) in [5.41, 5.74) is 2.96. The molecule has 0 saturated carbocycles. The molecular formula is C17H26N4O3. The molecule has 0 aliphatic carbocycles. The van der Waals surface area contributed by atoms with Gasteiger partial charge in [0.15, 0.2) is 0 Å². The molecule has 0 spiro atoms. The third-order valence-electron chi connectivity index (χ3n) is 5.14. The standard InChI is InChI=1S/C17H26N4O3/c1-12-14(13(2)19(3)18-12)11-16(22)20-6-8-21(9-7-20)17(23)15-5-4-10-24-15/h15H,4-11H2,1-3H3. The predicted octanol–water partition coefficient (Wildman–Crippen LogP) is 0.429. The van der Waals surface area contributed by atoms with Crippen LogP contribution < -0.4 is 0 Å². The van der Waals surface area contributed by atoms with E-state index in [4.69, 9.17) is 4.74 Å². The Morgan fingerprint density at radius 2 is 1.83 bits per heavy atom. The number of hydrogen-bond acceptors (Lipinski definition) is 4. The third-order valence-corrected chi connectivity index (χ3v) is 5.14. The van der Waals surface area contributed by atoms with Crippen molar-refractivity contribution in [3.63, 3.8) is 0 Å². The molecule has 3 heterocycles. The minimum absolute atomic E-state index is 0.0820. The Bertz CT molecular complexity index is 626. The van der Waals surface area contributed by atoms with E-state index >= 15 is 0 Å². The first kappa shape index (κ1) is 17.0. The van der Waals surface area contributed by atoms with Gasteiger partial charge in [-0.1, -0.05) is 0 Å². The van der Waals surface area contributed by atoms with Crippen molar-refractivity contribution < 1.29 is 14.3 Å². The van der Waals surface area contributed by atoms with Crippen molar-refractivity contribution in [2.24, 2.45) is 7.05 Å². The van der Waals surface area contributed by atoms with Crippen molar-refractivity contribution in [1.82, 2.24) is 19.6 Å². The molecule has 0 radical (unpaired) electrons. The van der Waals surface area contributed by atoms with Crippen LogP contribution in [0.15, 0.2) is 0 Å². The summed E-state index contributed by atoms with van der Waals surface area (Å²) in [6, 6.07) is 0. The number of rotatable bonds is 3. The van der Waals surface area contributed by atoms with Gasteiger partial charge in [0.05, 0.1) is 12.1 Å². The lowest BCUT2D eigenvalue weighted by Gasteiger charge is -2.35. The summed E-state index contributed by atoms with van der Waals surface area (Å²) in [5, 5.41) is 4.37. The van der Waals surface area contributed by atoms with Crippen LogP contribution in [0, 0.1) is 13.8 Å². The molecular weight excluding hydrogens is 308 g/mol. The zero-order chi connectivity index (χ0) is 17.3. The lowest BCUT2D eigenvalue weighted by atomic mass is 10.1. The Kier molecular flexibility index (Phi) is 4.89. The number of amides is 2. The number of ether oxygens (including phenoxy) is 1. The molecule has 0 N–H and O–H groups in total. The van der Waals surface area contributed by atoms with Gasteiger partial charge in [0.1, 0.15) is 6.10 Å². The first-order valence-electron chi connectivity index (χ1n) is 8.64. The van der Waals surface area contributed by atoms with Crippen molar-refractivity contribution in [3.05, 3.63) is 17.0 Å². The molecule has 1 aromatic rings. The molecule has 7 heteroatoms. The van der Waals surface area contributed by atoms with E-state index in [2.05, 4.69) is 5.10 Å². The zero-order valence-corrected chi connectivity index (χ0v) is 14.7. The second kappa shape index (κ2) is 6.93. The average molecular weight is 334 g/mol. The normalized spacial score (nSPS) is 21.4. The Morgan fingerprint density at radius 3 is 2.38 bits per heavy atom. The number of nitrogens with zero attached hydrogens (tertiary/aromatic N) is 4. The molecule has 3 rings (SSSR count). The van der Waals surface area contributed by atoms with Crippen LogP contribution in [0.2, 0.25) is 0 Å². The molecule has 1 atom stereocenters. The molecule has 0 aromatic carbocycles. The van der Waals surface area contributed by atoms with Crippen molar-refractivity contribution in [2.45, 2.75) is 39.2 Å². The maximum atomic E-state index is 12.6. The molecule has 2 fully saturated rings. The van der Waals surface area contributed by atoms with E-state index in [0.29, 0.717) is 39.2 Å². The van der Waals surface area contributed by atoms with Crippen molar-refractivity contribution in [2.75, 3.05) is 32.8 Å². The van der Waals surface area contributed by atoms with Gasteiger partial charge in [-0.3, -0.25) is 14.3 Å². The van der Waals surface area contributed by atoms with Gasteiger partial charge in [-0.15, -0.1) is 0 Å². The summed E-state index contributed by atoms with van der Waals surface area (Å²) < 4.78 is 7.28. The Hall–Kier alpha value is -1.89. The number of aromatic nitrogens is 2. The lowest BCUT2D eigenvalue weighted by molar-refractivity contribution is -0.145. The van der Waals surface area contributed by atoms with Crippen LogP contribution in [-0.2, 0) is 27.8 Å². The van der Waals surface area contributed by atoms with Gasteiger partial charge in [0, 0.05) is 51.1 Å². The highest BCUT2D eigenvalue weighted by Crippen LogP contribution is 2.17. The second-order valence-corrected chi connectivity index (χ2v) is 6.66. The molecule has 1 aromatic heterocycles. The van der Waals surface area contributed by atoms with Crippen LogP contribution in [0.5, 0.6) is 0 Å². The highest BCUT2D eigenvalue weighted by Gasteiger charge is 2.31. The molecule has 1 unspecified atom stereocenters. The summed E-state index contributed by atoms with van der Waals surface area (Å²) in [6.45, 7) is 6.98. The lowest BCUT2D eigenvalue weighted by Crippen LogP contribution is -2.53. The minimum atomic E-state index is -0.270. The first-order valence-corrected chi connectivity index (χ1v) is 8.64. The quantitative estimate of drug-likeness (QED) is 0.804. The van der Waals surface area contributed by atoms with Gasteiger partial charge in [-0.25, -0.2) is 0 Å². The second-order valence-electron chi connectivity index (χ2n) is 6.66. The number of carbonyl (C=O) groups is 2. The number of aryl methyl sites for hydroxylation is 2. The van der Waals surface area contributed by atoms with Gasteiger partial charge < -0.3 is 14.5 Å². The van der Waals surface area contributed by atoms with Gasteiger partial charge in [0.25, 0.3) is 5.91 Å². The third kappa shape index (κ3) is 3.31. The minimum Gasteiger partial charge on any atom is -0.368 e. The number of piperazine rings is 1. The van der Waals surface area contributed by atoms with E-state index in [1.165, 1.54) is 0 Å². The predicted molar refractivity (Wildman–Crippen MR) is 88.5 cm³/mol. The van der Waals surface area contributed by atoms with Gasteiger partial charge in [-0.05, 0) is 26.7 Å². The summed E-state index contributed by atoms with van der Waals surface area (Å²) in [4.78, 5) is 28.6. The van der Waals surface area contributed by atoms with Crippen LogP contribution in [0.25, 0.3) is 0 Å². The van der Waals surface area contributed by atoms with E-state index in [0.717, 1.165) is 29.8 Å². The molecule has 2 saturated heterocycles. The van der Waals surface area contributed by atoms with E-state index in [1.54, 1.807) is 0 Å². The molecule has 2 amide bonds. The molecule has 132 valence electrons. The van der Waals surface area contributed by atoms with E-state index in [1.807, 2.05) is 35.4 Å². The van der Waals surface area contributed by atoms with E-state index in [-0.39, 0.29) is 17.9 Å². The maximum absolute atomic E-state index is 12.6. The van der Waals surface area contributed by atoms with E-state index < -0.39 is 0 Å². The van der Waals surface area contributed by atoms with Crippen LogP contribution in [-0.4, -0.2) is 70.3 Å². The van der Waals surface area contributed by atoms with Crippen LogP contribution >= 0.6 is 0 Å². The van der Waals surface area contributed by atoms with Gasteiger partial charge >= 0.3 is 0 Å². The molecule has 0 bridgehead atoms. The highest BCUT2D eigenvalue weighted by atomic mass is 16.5. The van der Waals surface area contributed by atoms with E-state index in [9.17, 15) is 9.59 Å². The first-order chi connectivity index (χ1) is 11.5. The monoisotopic (exact) mass is 334 g/mol. The van der Waals surface area contributed by atoms with Crippen molar-refractivity contribution >= 4 is 11.8 Å². The van der Waals surface area contributed by atoms with Crippen molar-refractivity contribution in [1.29, 1.82) is 0 Å². The molecule has 24 heavy (non-hydrogen) atoms. The summed E-state index contributed by atoms with van der Waals surface area (Å²) in [7, 11) is 1.89. The fourth-order valence-corrected chi connectivity index (χ4v) is 3.49. The topological polar surface area (TPSA) is 67.7 Å².